The van der Waals surface area contributed by atoms with Gasteiger partial charge in [-0.25, -0.2) is 4.79 Å². The van der Waals surface area contributed by atoms with Crippen molar-refractivity contribution >= 4 is 6.09 Å². The minimum Gasteiger partial charge on any atom is -0.445 e. The van der Waals surface area contributed by atoms with Crippen molar-refractivity contribution in [1.29, 1.82) is 0 Å². The number of carbonyl (C=O) groups is 1. The van der Waals surface area contributed by atoms with Crippen LogP contribution in [0, 0.1) is 11.8 Å². The lowest BCUT2D eigenvalue weighted by Gasteiger charge is -2.45. The number of fused-ring (bicyclic) bond motifs is 2. The highest BCUT2D eigenvalue weighted by atomic mass is 16.6. The zero-order valence-electron chi connectivity index (χ0n) is 11.9. The van der Waals surface area contributed by atoms with Gasteiger partial charge in [-0.1, -0.05) is 30.3 Å². The molecule has 20 heavy (non-hydrogen) atoms. The molecule has 3 atom stereocenters. The van der Waals surface area contributed by atoms with Gasteiger partial charge in [-0.15, -0.1) is 0 Å². The smallest absolute Gasteiger partial charge is 0.410 e. The first-order valence-corrected chi connectivity index (χ1v) is 7.42. The first-order valence-electron chi connectivity index (χ1n) is 7.42. The molecule has 1 aromatic carbocycles. The van der Waals surface area contributed by atoms with E-state index >= 15 is 0 Å². The van der Waals surface area contributed by atoms with Gasteiger partial charge in [-0.3, -0.25) is 0 Å². The molecule has 108 valence electrons. The molecule has 1 amide bonds. The number of benzene rings is 1. The minimum absolute atomic E-state index is 0.169. The molecular weight excluding hydrogens is 252 g/mol. The maximum Gasteiger partial charge on any atom is 0.410 e. The number of rotatable bonds is 2. The second kappa shape index (κ2) is 5.83. The van der Waals surface area contributed by atoms with Gasteiger partial charge in [0.15, 0.2) is 0 Å². The van der Waals surface area contributed by atoms with Crippen LogP contribution in [0.4, 0.5) is 4.79 Å². The molecule has 2 saturated heterocycles. The SMILES string of the molecule is CC1C2CNCC(C2)CN1C(=O)OCc1ccccc1. The molecule has 2 heterocycles. The van der Waals surface area contributed by atoms with E-state index in [0.717, 1.165) is 25.2 Å². The summed E-state index contributed by atoms with van der Waals surface area (Å²) in [6, 6.07) is 10.1. The molecule has 2 bridgehead atoms. The van der Waals surface area contributed by atoms with Gasteiger partial charge in [-0.2, -0.15) is 0 Å². The van der Waals surface area contributed by atoms with E-state index in [2.05, 4.69) is 12.2 Å². The summed E-state index contributed by atoms with van der Waals surface area (Å²) in [7, 11) is 0. The highest BCUT2D eigenvalue weighted by molar-refractivity contribution is 5.68. The van der Waals surface area contributed by atoms with Gasteiger partial charge < -0.3 is 15.0 Å². The molecular formula is C16H22N2O2. The highest BCUT2D eigenvalue weighted by Gasteiger charge is 2.38. The molecule has 1 aromatic rings. The summed E-state index contributed by atoms with van der Waals surface area (Å²) in [6.07, 6.45) is 1.06. The summed E-state index contributed by atoms with van der Waals surface area (Å²) in [5, 5.41) is 3.46. The largest absolute Gasteiger partial charge is 0.445 e. The summed E-state index contributed by atoms with van der Waals surface area (Å²) in [5.74, 6) is 1.14. The van der Waals surface area contributed by atoms with Crippen LogP contribution in [0.15, 0.2) is 30.3 Å². The van der Waals surface area contributed by atoms with Gasteiger partial charge in [0.1, 0.15) is 6.61 Å². The second-order valence-electron chi connectivity index (χ2n) is 5.95. The van der Waals surface area contributed by atoms with Crippen LogP contribution < -0.4 is 5.32 Å². The molecule has 2 aliphatic rings. The third-order valence-corrected chi connectivity index (χ3v) is 4.54. The zero-order valence-corrected chi connectivity index (χ0v) is 11.9. The minimum atomic E-state index is -0.169. The van der Waals surface area contributed by atoms with Crippen molar-refractivity contribution in [1.82, 2.24) is 10.2 Å². The van der Waals surface area contributed by atoms with Crippen LogP contribution in [0.5, 0.6) is 0 Å². The van der Waals surface area contributed by atoms with E-state index in [-0.39, 0.29) is 12.1 Å². The lowest BCUT2D eigenvalue weighted by Crippen LogP contribution is -2.57. The Bertz CT molecular complexity index is 463. The number of hydrogen-bond acceptors (Lipinski definition) is 3. The van der Waals surface area contributed by atoms with Crippen molar-refractivity contribution in [3.63, 3.8) is 0 Å². The number of nitrogens with zero attached hydrogens (tertiary/aromatic N) is 1. The number of carbonyl (C=O) groups excluding carboxylic acids is 1. The van der Waals surface area contributed by atoms with E-state index < -0.39 is 0 Å². The average molecular weight is 274 g/mol. The molecule has 4 heteroatoms. The Balaban J connectivity index is 1.59. The van der Waals surface area contributed by atoms with Gasteiger partial charge in [0, 0.05) is 12.6 Å². The Morgan fingerprint density at radius 3 is 2.95 bits per heavy atom. The van der Waals surface area contributed by atoms with E-state index in [0.29, 0.717) is 18.4 Å². The van der Waals surface area contributed by atoms with Crippen LogP contribution in [0.1, 0.15) is 18.9 Å². The Kier molecular flexibility index (Phi) is 3.92. The molecule has 3 rings (SSSR count). The van der Waals surface area contributed by atoms with Crippen LogP contribution in [-0.2, 0) is 11.3 Å². The number of piperidine rings is 2. The van der Waals surface area contributed by atoms with Crippen molar-refractivity contribution in [3.8, 4) is 0 Å². The lowest BCUT2D eigenvalue weighted by molar-refractivity contribution is 0.0246. The van der Waals surface area contributed by atoms with Crippen molar-refractivity contribution in [3.05, 3.63) is 35.9 Å². The summed E-state index contributed by atoms with van der Waals surface area (Å²) < 4.78 is 5.47. The normalized spacial score (nSPS) is 29.1. The molecule has 0 radical (unpaired) electrons. The first kappa shape index (κ1) is 13.4. The predicted molar refractivity (Wildman–Crippen MR) is 77.3 cm³/mol. The van der Waals surface area contributed by atoms with Crippen LogP contribution in [0.2, 0.25) is 0 Å². The standard InChI is InChI=1S/C16H22N2O2/c1-12-15-7-14(8-17-9-15)10-18(12)16(19)20-11-13-5-3-2-4-6-13/h2-6,12,14-15,17H,7-11H2,1H3. The molecule has 0 spiro atoms. The quantitative estimate of drug-likeness (QED) is 0.899. The number of ether oxygens (including phenoxy) is 1. The van der Waals surface area contributed by atoms with Gasteiger partial charge in [0.25, 0.3) is 0 Å². The van der Waals surface area contributed by atoms with E-state index in [1.165, 1.54) is 6.42 Å². The van der Waals surface area contributed by atoms with Crippen molar-refractivity contribution in [2.24, 2.45) is 11.8 Å². The third kappa shape index (κ3) is 2.80. The van der Waals surface area contributed by atoms with Crippen molar-refractivity contribution in [2.75, 3.05) is 19.6 Å². The number of amides is 1. The fourth-order valence-corrected chi connectivity index (χ4v) is 3.32. The molecule has 0 aliphatic carbocycles. The Morgan fingerprint density at radius 2 is 2.15 bits per heavy atom. The van der Waals surface area contributed by atoms with Crippen LogP contribution in [0.3, 0.4) is 0 Å². The molecule has 1 N–H and O–H groups in total. The lowest BCUT2D eigenvalue weighted by atomic mass is 9.81. The molecule has 4 nitrogen and oxygen atoms in total. The van der Waals surface area contributed by atoms with Crippen LogP contribution >= 0.6 is 0 Å². The zero-order chi connectivity index (χ0) is 13.9. The van der Waals surface area contributed by atoms with Gasteiger partial charge in [0.2, 0.25) is 0 Å². The number of hydrogen-bond donors (Lipinski definition) is 1. The van der Waals surface area contributed by atoms with Crippen LogP contribution in [-0.4, -0.2) is 36.7 Å². The van der Waals surface area contributed by atoms with Crippen molar-refractivity contribution in [2.45, 2.75) is 26.0 Å². The average Bonchev–Trinajstić information content (AvgIpc) is 2.50. The van der Waals surface area contributed by atoms with E-state index in [1.807, 2.05) is 35.2 Å². The fourth-order valence-electron chi connectivity index (χ4n) is 3.32. The Labute approximate surface area is 120 Å². The molecule has 0 saturated carbocycles. The summed E-state index contributed by atoms with van der Waals surface area (Å²) >= 11 is 0. The maximum atomic E-state index is 12.3. The van der Waals surface area contributed by atoms with E-state index in [1.54, 1.807) is 0 Å². The monoisotopic (exact) mass is 274 g/mol. The molecule has 2 fully saturated rings. The van der Waals surface area contributed by atoms with Crippen LogP contribution in [0.25, 0.3) is 0 Å². The van der Waals surface area contributed by atoms with Gasteiger partial charge in [-0.05, 0) is 43.8 Å². The van der Waals surface area contributed by atoms with E-state index in [4.69, 9.17) is 4.74 Å². The predicted octanol–water partition coefficient (Wildman–Crippen LogP) is 2.25. The first-order chi connectivity index (χ1) is 9.74. The summed E-state index contributed by atoms with van der Waals surface area (Å²) in [6.45, 7) is 5.35. The topological polar surface area (TPSA) is 41.6 Å². The van der Waals surface area contributed by atoms with Crippen molar-refractivity contribution < 1.29 is 9.53 Å². The highest BCUT2D eigenvalue weighted by Crippen LogP contribution is 2.30. The third-order valence-electron chi connectivity index (χ3n) is 4.54. The summed E-state index contributed by atoms with van der Waals surface area (Å²) in [4.78, 5) is 14.2. The Morgan fingerprint density at radius 1 is 1.35 bits per heavy atom. The Hall–Kier alpha value is -1.55. The summed E-state index contributed by atoms with van der Waals surface area (Å²) in [5.41, 5.74) is 1.03. The number of nitrogens with one attached hydrogen (secondary N) is 1. The van der Waals surface area contributed by atoms with E-state index in [9.17, 15) is 4.79 Å². The fraction of sp³-hybridized carbons (Fsp3) is 0.562. The molecule has 0 aromatic heterocycles. The molecule has 3 unspecified atom stereocenters. The molecule has 2 aliphatic heterocycles. The van der Waals surface area contributed by atoms with Gasteiger partial charge >= 0.3 is 6.09 Å². The maximum absolute atomic E-state index is 12.3. The number of likely N-dealkylation sites (tertiary alicyclic amines) is 1. The van der Waals surface area contributed by atoms with Gasteiger partial charge in [0.05, 0.1) is 0 Å². The second-order valence-corrected chi connectivity index (χ2v) is 5.95.